The van der Waals surface area contributed by atoms with Gasteiger partial charge in [-0.2, -0.15) is 0 Å². The van der Waals surface area contributed by atoms with Crippen LogP contribution in [0.3, 0.4) is 0 Å². The predicted molar refractivity (Wildman–Crippen MR) is 234 cm³/mol. The van der Waals surface area contributed by atoms with Gasteiger partial charge in [0.15, 0.2) is 0 Å². The molecule has 6 aromatic carbocycles. The molecule has 0 fully saturated rings. The lowest BCUT2D eigenvalue weighted by atomic mass is 10.0. The van der Waals surface area contributed by atoms with E-state index in [1.54, 1.807) is 84.9 Å². The zero-order chi connectivity index (χ0) is 43.1. The zero-order valence-corrected chi connectivity index (χ0v) is 35.0. The summed E-state index contributed by atoms with van der Waals surface area (Å²) in [5.41, 5.74) is 6.61. The van der Waals surface area contributed by atoms with Crippen LogP contribution in [0.25, 0.3) is 0 Å². The highest BCUT2D eigenvalue weighted by molar-refractivity contribution is 7.93. The summed E-state index contributed by atoms with van der Waals surface area (Å²) in [6, 6.07) is 41.4. The summed E-state index contributed by atoms with van der Waals surface area (Å²) in [5.74, 6) is -1.41. The Kier molecular flexibility index (Phi) is 15.6. The van der Waals surface area contributed by atoms with Crippen molar-refractivity contribution >= 4 is 43.4 Å². The van der Waals surface area contributed by atoms with Crippen molar-refractivity contribution in [2.24, 2.45) is 0 Å². The van der Waals surface area contributed by atoms with E-state index in [4.69, 9.17) is 14.9 Å². The quantitative estimate of drug-likeness (QED) is 0.0657. The number of carbonyl (C=O) groups is 2. The van der Waals surface area contributed by atoms with Gasteiger partial charge >= 0.3 is 11.9 Å². The number of hydrogen-bond acceptors (Lipinski definition) is 7. The van der Waals surface area contributed by atoms with Crippen LogP contribution < -0.4 is 14.2 Å². The maximum atomic E-state index is 12.7. The number of methoxy groups -OCH3 is 1. The molecule has 6 rings (SSSR count). The van der Waals surface area contributed by atoms with Gasteiger partial charge in [-0.3, -0.25) is 9.44 Å². The first-order valence-corrected chi connectivity index (χ1v) is 22.3. The van der Waals surface area contributed by atoms with Crippen molar-refractivity contribution in [1.29, 1.82) is 0 Å². The number of nitrogens with one attached hydrogen (secondary N) is 2. The first-order chi connectivity index (χ1) is 28.7. The second kappa shape index (κ2) is 21.0. The number of hydrogen-bond donors (Lipinski definition) is 4. The minimum Gasteiger partial charge on any atom is -0.497 e. The fourth-order valence-corrected chi connectivity index (χ4v) is 8.34. The monoisotopic (exact) mass is 848 g/mol. The van der Waals surface area contributed by atoms with E-state index in [0.29, 0.717) is 36.4 Å². The van der Waals surface area contributed by atoms with Gasteiger partial charge in [0, 0.05) is 17.4 Å². The van der Waals surface area contributed by atoms with E-state index in [0.717, 1.165) is 53.5 Å². The number of benzene rings is 6. The van der Waals surface area contributed by atoms with Gasteiger partial charge in [0.1, 0.15) is 5.75 Å². The molecule has 0 heterocycles. The van der Waals surface area contributed by atoms with Crippen molar-refractivity contribution < 1.29 is 41.4 Å². The molecule has 0 bridgehead atoms. The Balaban J connectivity index is 0.000000228. The van der Waals surface area contributed by atoms with Crippen molar-refractivity contribution in [3.63, 3.8) is 0 Å². The van der Waals surface area contributed by atoms with Crippen LogP contribution in [0, 0.1) is 0 Å². The maximum absolute atomic E-state index is 12.7. The Morgan fingerprint density at radius 1 is 0.500 bits per heavy atom. The van der Waals surface area contributed by atoms with Crippen LogP contribution in [0.15, 0.2) is 155 Å². The van der Waals surface area contributed by atoms with E-state index in [9.17, 15) is 26.4 Å². The van der Waals surface area contributed by atoms with E-state index in [1.807, 2.05) is 48.5 Å². The summed E-state index contributed by atoms with van der Waals surface area (Å²) in [6.45, 7) is 2.13. The van der Waals surface area contributed by atoms with Crippen LogP contribution in [0.1, 0.15) is 68.3 Å². The minimum absolute atomic E-state index is 0.124. The predicted octanol–water partition coefficient (Wildman–Crippen LogP) is 9.29. The van der Waals surface area contributed by atoms with Gasteiger partial charge in [-0.1, -0.05) is 80.1 Å². The summed E-state index contributed by atoms with van der Waals surface area (Å²) >= 11 is 0. The van der Waals surface area contributed by atoms with Gasteiger partial charge in [0.2, 0.25) is 0 Å². The largest absolute Gasteiger partial charge is 0.497 e. The summed E-state index contributed by atoms with van der Waals surface area (Å²) < 4.78 is 60.6. The summed E-state index contributed by atoms with van der Waals surface area (Å²) in [7, 11) is -5.87. The first-order valence-electron chi connectivity index (χ1n) is 19.4. The van der Waals surface area contributed by atoms with Gasteiger partial charge < -0.3 is 14.9 Å². The van der Waals surface area contributed by atoms with E-state index in [2.05, 4.69) is 16.4 Å². The number of aryl methyl sites for hydroxylation is 5. The normalized spacial score (nSPS) is 11.2. The highest BCUT2D eigenvalue weighted by atomic mass is 32.2. The minimum atomic E-state index is -3.71. The second-order valence-electron chi connectivity index (χ2n) is 14.0. The number of carboxylic acid groups (broad SMARTS) is 2. The molecule has 11 nitrogen and oxygen atoms in total. The van der Waals surface area contributed by atoms with Crippen LogP contribution >= 0.6 is 0 Å². The molecule has 0 saturated heterocycles. The average Bonchev–Trinajstić information content (AvgIpc) is 3.25. The lowest BCUT2D eigenvalue weighted by molar-refractivity contribution is 0.0686. The molecule has 0 aliphatic rings. The van der Waals surface area contributed by atoms with Crippen molar-refractivity contribution in [3.05, 3.63) is 185 Å². The molecular formula is C47H48N2O9S2. The van der Waals surface area contributed by atoms with E-state index in [-0.39, 0.29) is 20.9 Å². The molecule has 60 heavy (non-hydrogen) atoms. The Hall–Kier alpha value is -6.44. The lowest BCUT2D eigenvalue weighted by Gasteiger charge is -2.10. The number of aromatic carboxylic acids is 2. The molecule has 0 radical (unpaired) electrons. The summed E-state index contributed by atoms with van der Waals surface area (Å²) in [4.78, 5) is 22.5. The Bertz CT molecular complexity index is 2590. The van der Waals surface area contributed by atoms with Gasteiger partial charge in [-0.05, 0) is 139 Å². The third-order valence-corrected chi connectivity index (χ3v) is 12.3. The topological polar surface area (TPSA) is 176 Å². The van der Waals surface area contributed by atoms with Crippen LogP contribution in [0.4, 0.5) is 11.4 Å². The van der Waals surface area contributed by atoms with Crippen molar-refractivity contribution in [2.75, 3.05) is 16.6 Å². The standard InChI is InChI=1S/C25H27NO4S.C22H21NO5S/c1-2-3-5-19-12-16-24(17-13-19)31(29,30)26-23-14-10-20(11-15-23)8-9-21-6-4-7-22(18-21)25(27)28;1-28-20-6-3-7-21(15-20)29(26,27)23-19-12-10-16(11-13-19)8-9-17-4-2-5-18(14-17)22(24)25/h4,6-7,10-18,26H,2-3,5,8-9H2,1H3,(H,27,28);2-7,10-15,23H,8-9H2,1H3,(H,24,25). The highest BCUT2D eigenvalue weighted by Crippen LogP contribution is 2.22. The summed E-state index contributed by atoms with van der Waals surface area (Å²) in [5, 5.41) is 18.2. The molecule has 0 amide bonds. The lowest BCUT2D eigenvalue weighted by Crippen LogP contribution is -2.13. The van der Waals surface area contributed by atoms with Crippen LogP contribution in [-0.4, -0.2) is 46.1 Å². The van der Waals surface area contributed by atoms with Gasteiger partial charge in [0.25, 0.3) is 20.0 Å². The first kappa shape index (κ1) is 44.7. The molecule has 0 aliphatic carbocycles. The van der Waals surface area contributed by atoms with Gasteiger partial charge in [-0.15, -0.1) is 0 Å². The average molecular weight is 849 g/mol. The van der Waals surface area contributed by atoms with Crippen LogP contribution in [0.5, 0.6) is 5.75 Å². The fraction of sp³-hybridized carbons (Fsp3) is 0.191. The molecule has 0 aliphatic heterocycles. The van der Waals surface area contributed by atoms with Gasteiger partial charge in [-0.25, -0.2) is 26.4 Å². The third-order valence-electron chi connectivity index (χ3n) is 9.57. The highest BCUT2D eigenvalue weighted by Gasteiger charge is 2.16. The smallest absolute Gasteiger partial charge is 0.335 e. The Morgan fingerprint density at radius 2 is 0.917 bits per heavy atom. The molecule has 13 heteroatoms. The molecule has 0 saturated carbocycles. The number of unbranched alkanes of at least 4 members (excludes halogenated alkanes) is 1. The molecule has 0 unspecified atom stereocenters. The SMILES string of the molecule is CCCCc1ccc(S(=O)(=O)Nc2ccc(CCc3cccc(C(=O)O)c3)cc2)cc1.COc1cccc(S(=O)(=O)Nc2ccc(CCc3cccc(C(=O)O)c3)cc2)c1. The molecule has 6 aromatic rings. The molecule has 0 spiro atoms. The van der Waals surface area contributed by atoms with E-state index >= 15 is 0 Å². The molecular weight excluding hydrogens is 801 g/mol. The number of carboxylic acids is 2. The fourth-order valence-electron chi connectivity index (χ4n) is 6.19. The second-order valence-corrected chi connectivity index (χ2v) is 17.4. The number of rotatable bonds is 18. The third kappa shape index (κ3) is 13.3. The molecule has 0 atom stereocenters. The summed E-state index contributed by atoms with van der Waals surface area (Å²) in [6.07, 6.45) is 5.98. The molecule has 0 aromatic heterocycles. The Labute approximate surface area is 351 Å². The van der Waals surface area contributed by atoms with E-state index in [1.165, 1.54) is 19.2 Å². The van der Waals surface area contributed by atoms with E-state index < -0.39 is 32.0 Å². The van der Waals surface area contributed by atoms with Crippen molar-refractivity contribution in [2.45, 2.75) is 61.7 Å². The van der Waals surface area contributed by atoms with Crippen LogP contribution in [-0.2, 0) is 52.2 Å². The number of sulfonamides is 2. The van der Waals surface area contributed by atoms with Gasteiger partial charge in [0.05, 0.1) is 28.0 Å². The Morgan fingerprint density at radius 3 is 1.37 bits per heavy atom. The molecule has 312 valence electrons. The molecule has 4 N–H and O–H groups in total. The van der Waals surface area contributed by atoms with Crippen molar-refractivity contribution in [3.8, 4) is 5.75 Å². The number of ether oxygens (including phenoxy) is 1. The van der Waals surface area contributed by atoms with Crippen LogP contribution in [0.2, 0.25) is 0 Å². The zero-order valence-electron chi connectivity index (χ0n) is 33.4. The number of anilines is 2. The van der Waals surface area contributed by atoms with Crippen molar-refractivity contribution in [1.82, 2.24) is 0 Å². The maximum Gasteiger partial charge on any atom is 0.335 e.